The molecule has 0 atom stereocenters. The molecule has 10 heteroatoms. The van der Waals surface area contributed by atoms with E-state index in [1.165, 1.54) is 48.5 Å². The Kier molecular flexibility index (Phi) is 5.92. The second-order valence-corrected chi connectivity index (χ2v) is 6.80. The van der Waals surface area contributed by atoms with E-state index in [1.54, 1.807) is 27.7 Å². The van der Waals surface area contributed by atoms with E-state index in [-0.39, 0.29) is 11.4 Å². The van der Waals surface area contributed by atoms with E-state index in [0.29, 0.717) is 11.5 Å². The Bertz CT molecular complexity index is 802. The van der Waals surface area contributed by atoms with Gasteiger partial charge in [-0.25, -0.2) is 0 Å². The van der Waals surface area contributed by atoms with Crippen LogP contribution in [0.25, 0.3) is 0 Å². The van der Waals surface area contributed by atoms with Crippen LogP contribution in [0.3, 0.4) is 0 Å². The molecule has 0 heterocycles. The Balaban J connectivity index is 2.03. The van der Waals surface area contributed by atoms with Gasteiger partial charge in [0, 0.05) is 24.3 Å². The zero-order valence-corrected chi connectivity index (χ0v) is 15.9. The first-order valence-electron chi connectivity index (χ1n) is 8.28. The quantitative estimate of drug-likeness (QED) is 0.360. The molecule has 28 heavy (non-hydrogen) atoms. The van der Waals surface area contributed by atoms with Gasteiger partial charge in [-0.2, -0.15) is 0 Å². The van der Waals surface area contributed by atoms with Crippen LogP contribution in [0.15, 0.2) is 58.8 Å². The predicted octanol–water partition coefficient (Wildman–Crippen LogP) is 4.89. The minimum atomic E-state index is -1.05. The van der Waals surface area contributed by atoms with Gasteiger partial charge < -0.3 is 9.47 Å². The zero-order valence-electron chi connectivity index (χ0n) is 15.9. The summed E-state index contributed by atoms with van der Waals surface area (Å²) in [6, 6.07) is 11.3. The molecule has 2 rings (SSSR count). The fourth-order valence-corrected chi connectivity index (χ4v) is 2.13. The number of ether oxygens (including phenoxy) is 2. The average molecular weight is 388 g/mol. The van der Waals surface area contributed by atoms with Crippen molar-refractivity contribution in [2.45, 2.75) is 39.1 Å². The molecule has 0 fully saturated rings. The summed E-state index contributed by atoms with van der Waals surface area (Å²) >= 11 is 0. The summed E-state index contributed by atoms with van der Waals surface area (Å²) in [5.41, 5.74) is -2.17. The summed E-state index contributed by atoms with van der Waals surface area (Å²) in [5.74, 6) is 0.812. The first kappa shape index (κ1) is 20.7. The maximum atomic E-state index is 10.7. The van der Waals surface area contributed by atoms with Gasteiger partial charge in [-0.05, 0) is 52.0 Å². The molecule has 0 amide bonds. The molecule has 2 aromatic rings. The van der Waals surface area contributed by atoms with Crippen LogP contribution in [0.4, 0.5) is 11.4 Å². The summed E-state index contributed by atoms with van der Waals surface area (Å²) in [5, 5.41) is 29.7. The van der Waals surface area contributed by atoms with Crippen molar-refractivity contribution in [3.8, 4) is 11.5 Å². The standard InChI is InChI=1S/C18H20N4O6/c1-17(2,27-15-9-5-13(6-10-15)21(23)24)19-20-18(3,4)28-16-11-7-14(8-12-16)22(25)26/h5-12H,1-4H3. The number of nitro groups is 2. The van der Waals surface area contributed by atoms with Crippen molar-refractivity contribution in [2.24, 2.45) is 10.2 Å². The largest absolute Gasteiger partial charge is 0.465 e. The van der Waals surface area contributed by atoms with Gasteiger partial charge in [0.05, 0.1) is 9.85 Å². The average Bonchev–Trinajstić information content (AvgIpc) is 2.60. The highest BCUT2D eigenvalue weighted by Gasteiger charge is 2.24. The molecule has 148 valence electrons. The molecule has 2 aromatic carbocycles. The SMILES string of the molecule is CC(C)(N=NC(C)(C)Oc1ccc([N+](=O)[O-])cc1)Oc1ccc([N+](=O)[O-])cc1. The van der Waals surface area contributed by atoms with Crippen molar-refractivity contribution in [2.75, 3.05) is 0 Å². The second kappa shape index (κ2) is 7.99. The second-order valence-electron chi connectivity index (χ2n) is 6.80. The van der Waals surface area contributed by atoms with Crippen LogP contribution >= 0.6 is 0 Å². The lowest BCUT2D eigenvalue weighted by Crippen LogP contribution is -2.29. The summed E-state index contributed by atoms with van der Waals surface area (Å²) < 4.78 is 11.4. The van der Waals surface area contributed by atoms with E-state index >= 15 is 0 Å². The monoisotopic (exact) mass is 388 g/mol. The van der Waals surface area contributed by atoms with Crippen LogP contribution in [-0.4, -0.2) is 21.3 Å². The minimum Gasteiger partial charge on any atom is -0.465 e. The molecule has 0 aromatic heterocycles. The molecule has 0 saturated carbocycles. The smallest absolute Gasteiger partial charge is 0.269 e. The number of benzene rings is 2. The third kappa shape index (κ3) is 6.01. The van der Waals surface area contributed by atoms with Crippen molar-refractivity contribution in [1.82, 2.24) is 0 Å². The molecule has 0 N–H and O–H groups in total. The van der Waals surface area contributed by atoms with E-state index in [4.69, 9.17) is 9.47 Å². The molecule has 0 aliphatic heterocycles. The third-order valence-corrected chi connectivity index (χ3v) is 3.36. The lowest BCUT2D eigenvalue weighted by atomic mass is 10.2. The Hall–Kier alpha value is -3.56. The van der Waals surface area contributed by atoms with Crippen molar-refractivity contribution in [3.63, 3.8) is 0 Å². The minimum absolute atomic E-state index is 0.0376. The normalized spacial score (nSPS) is 12.0. The molecule has 0 radical (unpaired) electrons. The lowest BCUT2D eigenvalue weighted by Gasteiger charge is -2.25. The molecule has 10 nitrogen and oxygen atoms in total. The lowest BCUT2D eigenvalue weighted by molar-refractivity contribution is -0.385. The van der Waals surface area contributed by atoms with E-state index < -0.39 is 21.3 Å². The van der Waals surface area contributed by atoms with Gasteiger partial charge in [-0.15, -0.1) is 10.2 Å². The number of nitro benzene ring substituents is 2. The maximum Gasteiger partial charge on any atom is 0.269 e. The van der Waals surface area contributed by atoms with Crippen LogP contribution in [0, 0.1) is 20.2 Å². The summed E-state index contributed by atoms with van der Waals surface area (Å²) in [7, 11) is 0. The van der Waals surface area contributed by atoms with Gasteiger partial charge >= 0.3 is 0 Å². The van der Waals surface area contributed by atoms with Crippen molar-refractivity contribution in [1.29, 1.82) is 0 Å². The van der Waals surface area contributed by atoms with Gasteiger partial charge in [0.2, 0.25) is 11.4 Å². The number of hydrogen-bond donors (Lipinski definition) is 0. The van der Waals surface area contributed by atoms with Crippen molar-refractivity contribution in [3.05, 3.63) is 68.8 Å². The molecule has 0 saturated heterocycles. The topological polar surface area (TPSA) is 129 Å². The molecule has 0 aliphatic carbocycles. The summed E-state index contributed by atoms with van der Waals surface area (Å²) in [6.45, 7) is 6.72. The highest BCUT2D eigenvalue weighted by Crippen LogP contribution is 2.26. The Morgan fingerprint density at radius 3 is 1.21 bits per heavy atom. The number of rotatable bonds is 8. The van der Waals surface area contributed by atoms with Crippen molar-refractivity contribution < 1.29 is 19.3 Å². The number of hydrogen-bond acceptors (Lipinski definition) is 8. The van der Waals surface area contributed by atoms with Crippen LogP contribution in [0.2, 0.25) is 0 Å². The molecule has 0 aliphatic rings. The number of azo groups is 1. The first-order chi connectivity index (χ1) is 13.0. The Morgan fingerprint density at radius 1 is 0.679 bits per heavy atom. The van der Waals surface area contributed by atoms with E-state index in [9.17, 15) is 20.2 Å². The van der Waals surface area contributed by atoms with E-state index in [1.807, 2.05) is 0 Å². The first-order valence-corrected chi connectivity index (χ1v) is 8.28. The van der Waals surface area contributed by atoms with Crippen LogP contribution in [0.5, 0.6) is 11.5 Å². The Labute approximate surface area is 161 Å². The maximum absolute atomic E-state index is 10.7. The number of non-ortho nitro benzene ring substituents is 2. The van der Waals surface area contributed by atoms with Crippen molar-refractivity contribution >= 4 is 11.4 Å². The fourth-order valence-electron chi connectivity index (χ4n) is 2.13. The zero-order chi connectivity index (χ0) is 20.9. The van der Waals surface area contributed by atoms with Gasteiger partial charge in [0.1, 0.15) is 11.5 Å². The highest BCUT2D eigenvalue weighted by molar-refractivity contribution is 5.37. The van der Waals surface area contributed by atoms with Gasteiger partial charge in [-0.3, -0.25) is 20.2 Å². The van der Waals surface area contributed by atoms with Gasteiger partial charge in [0.25, 0.3) is 11.4 Å². The van der Waals surface area contributed by atoms with Crippen LogP contribution < -0.4 is 9.47 Å². The molecular formula is C18H20N4O6. The predicted molar refractivity (Wildman–Crippen MR) is 100 cm³/mol. The molecule has 0 spiro atoms. The van der Waals surface area contributed by atoms with Crippen LogP contribution in [0.1, 0.15) is 27.7 Å². The highest BCUT2D eigenvalue weighted by atomic mass is 16.6. The summed E-state index contributed by atoms with van der Waals surface area (Å²) in [4.78, 5) is 20.4. The fraction of sp³-hybridized carbons (Fsp3) is 0.333. The molecule has 0 unspecified atom stereocenters. The Morgan fingerprint density at radius 2 is 0.964 bits per heavy atom. The van der Waals surface area contributed by atoms with Gasteiger partial charge in [-0.1, -0.05) is 0 Å². The van der Waals surface area contributed by atoms with E-state index in [2.05, 4.69) is 10.2 Å². The summed E-state index contributed by atoms with van der Waals surface area (Å²) in [6.07, 6.45) is 0. The van der Waals surface area contributed by atoms with Crippen LogP contribution in [-0.2, 0) is 0 Å². The van der Waals surface area contributed by atoms with Gasteiger partial charge in [0.15, 0.2) is 0 Å². The number of nitrogens with zero attached hydrogens (tertiary/aromatic N) is 4. The van der Waals surface area contributed by atoms with E-state index in [0.717, 1.165) is 0 Å². The molecular weight excluding hydrogens is 368 g/mol. The third-order valence-electron chi connectivity index (χ3n) is 3.36. The molecule has 0 bridgehead atoms.